The Morgan fingerprint density at radius 3 is 2.59 bits per heavy atom. The first kappa shape index (κ1) is 21.6. The summed E-state index contributed by atoms with van der Waals surface area (Å²) in [5.41, 5.74) is -0.526. The van der Waals surface area contributed by atoms with Crippen molar-refractivity contribution in [2.75, 3.05) is 13.7 Å². The summed E-state index contributed by atoms with van der Waals surface area (Å²) in [7, 11) is 1.32. The number of likely N-dealkylation sites (tertiary alicyclic amines) is 1. The Kier molecular flexibility index (Phi) is 6.81. The molecule has 0 bridgehead atoms. The molecule has 3 atom stereocenters. The van der Waals surface area contributed by atoms with Crippen molar-refractivity contribution in [1.29, 1.82) is 0 Å². The Balaban J connectivity index is 2.14. The SMILES string of the molecule is CO[C@@H]1CN(C(=O)OC(C)(C)C)[C@H](C(=O)CCc2cccc(Cl)c2F)[C@H]1F. The number of hydrogen-bond acceptors (Lipinski definition) is 4. The molecule has 0 aromatic heterocycles. The van der Waals surface area contributed by atoms with E-state index < -0.39 is 41.6 Å². The van der Waals surface area contributed by atoms with Gasteiger partial charge < -0.3 is 9.47 Å². The molecule has 150 valence electrons. The molecule has 2 rings (SSSR count). The lowest BCUT2D eigenvalue weighted by Crippen LogP contribution is -2.46. The molecule has 1 heterocycles. The van der Waals surface area contributed by atoms with Gasteiger partial charge in [-0.25, -0.2) is 13.6 Å². The van der Waals surface area contributed by atoms with E-state index in [9.17, 15) is 18.4 Å². The van der Waals surface area contributed by atoms with Crippen LogP contribution >= 0.6 is 11.6 Å². The van der Waals surface area contributed by atoms with Crippen molar-refractivity contribution >= 4 is 23.5 Å². The van der Waals surface area contributed by atoms with E-state index in [1.165, 1.54) is 19.2 Å². The van der Waals surface area contributed by atoms with Crippen LogP contribution in [0.15, 0.2) is 18.2 Å². The van der Waals surface area contributed by atoms with Gasteiger partial charge in [0.1, 0.15) is 23.6 Å². The molecule has 0 saturated carbocycles. The van der Waals surface area contributed by atoms with Gasteiger partial charge in [0.05, 0.1) is 11.6 Å². The zero-order valence-corrected chi connectivity index (χ0v) is 16.6. The predicted octanol–water partition coefficient (Wildman–Crippen LogP) is 3.95. The van der Waals surface area contributed by atoms with Crippen LogP contribution in [0.2, 0.25) is 5.02 Å². The second-order valence-electron chi connectivity index (χ2n) is 7.48. The molecule has 1 aliphatic heterocycles. The molecule has 8 heteroatoms. The lowest BCUT2D eigenvalue weighted by atomic mass is 10.00. The molecule has 1 aliphatic rings. The summed E-state index contributed by atoms with van der Waals surface area (Å²) in [6.07, 6.45) is -3.47. The van der Waals surface area contributed by atoms with Crippen molar-refractivity contribution in [1.82, 2.24) is 4.90 Å². The number of methoxy groups -OCH3 is 1. The first-order valence-corrected chi connectivity index (χ1v) is 9.05. The number of carbonyl (C=O) groups excluding carboxylic acids is 2. The third-order valence-corrected chi connectivity index (χ3v) is 4.59. The minimum Gasteiger partial charge on any atom is -0.444 e. The van der Waals surface area contributed by atoms with Crippen molar-refractivity contribution in [3.05, 3.63) is 34.6 Å². The molecule has 0 unspecified atom stereocenters. The fraction of sp³-hybridized carbons (Fsp3) is 0.579. The summed E-state index contributed by atoms with van der Waals surface area (Å²) >= 11 is 5.74. The quantitative estimate of drug-likeness (QED) is 0.746. The summed E-state index contributed by atoms with van der Waals surface area (Å²) in [5.74, 6) is -1.12. The van der Waals surface area contributed by atoms with Crippen LogP contribution in [0.5, 0.6) is 0 Å². The number of rotatable bonds is 5. The topological polar surface area (TPSA) is 55.8 Å². The molecule has 5 nitrogen and oxygen atoms in total. The number of aryl methyl sites for hydroxylation is 1. The second kappa shape index (κ2) is 8.52. The Bertz CT molecular complexity index is 707. The Labute approximate surface area is 162 Å². The van der Waals surface area contributed by atoms with Crippen molar-refractivity contribution in [2.24, 2.45) is 0 Å². The van der Waals surface area contributed by atoms with Crippen LogP contribution in [-0.4, -0.2) is 54.3 Å². The van der Waals surface area contributed by atoms with E-state index in [4.69, 9.17) is 21.1 Å². The van der Waals surface area contributed by atoms with Crippen LogP contribution in [0.3, 0.4) is 0 Å². The smallest absolute Gasteiger partial charge is 0.411 e. The Hall–Kier alpha value is -1.73. The molecule has 27 heavy (non-hydrogen) atoms. The fourth-order valence-electron chi connectivity index (χ4n) is 3.00. The molecule has 1 aromatic carbocycles. The molecule has 1 fully saturated rings. The van der Waals surface area contributed by atoms with Gasteiger partial charge in [-0.15, -0.1) is 0 Å². The normalized spacial score (nSPS) is 22.8. The maximum Gasteiger partial charge on any atom is 0.411 e. The van der Waals surface area contributed by atoms with Crippen LogP contribution in [0.4, 0.5) is 13.6 Å². The number of Topliss-reactive ketones (excluding diaryl/α,β-unsaturated/α-hetero) is 1. The van der Waals surface area contributed by atoms with Gasteiger partial charge in [0.25, 0.3) is 0 Å². The molecular formula is C19H24ClF2NO4. The number of nitrogens with zero attached hydrogens (tertiary/aromatic N) is 1. The van der Waals surface area contributed by atoms with Crippen molar-refractivity contribution in [3.63, 3.8) is 0 Å². The number of ketones is 1. The molecule has 0 N–H and O–H groups in total. The highest BCUT2D eigenvalue weighted by atomic mass is 35.5. The van der Waals surface area contributed by atoms with Crippen LogP contribution in [0.1, 0.15) is 32.8 Å². The zero-order valence-electron chi connectivity index (χ0n) is 15.8. The Morgan fingerprint density at radius 2 is 2.00 bits per heavy atom. The highest BCUT2D eigenvalue weighted by Gasteiger charge is 2.49. The number of hydrogen-bond donors (Lipinski definition) is 0. The number of alkyl halides is 1. The average Bonchev–Trinajstić information content (AvgIpc) is 2.91. The number of ether oxygens (including phenoxy) is 2. The molecular weight excluding hydrogens is 380 g/mol. The van der Waals surface area contributed by atoms with E-state index in [0.717, 1.165) is 4.90 Å². The number of amides is 1. The number of halogens is 3. The van der Waals surface area contributed by atoms with Crippen molar-refractivity contribution in [2.45, 2.75) is 57.5 Å². The van der Waals surface area contributed by atoms with Gasteiger partial charge in [-0.3, -0.25) is 9.69 Å². The van der Waals surface area contributed by atoms with Gasteiger partial charge >= 0.3 is 6.09 Å². The van der Waals surface area contributed by atoms with Gasteiger partial charge in [0.15, 0.2) is 12.0 Å². The molecule has 1 saturated heterocycles. The van der Waals surface area contributed by atoms with E-state index in [-0.39, 0.29) is 30.0 Å². The zero-order chi connectivity index (χ0) is 20.4. The van der Waals surface area contributed by atoms with Crippen LogP contribution in [0.25, 0.3) is 0 Å². The summed E-state index contributed by atoms with van der Waals surface area (Å²) in [6.45, 7) is 4.95. The van der Waals surface area contributed by atoms with Crippen LogP contribution in [0, 0.1) is 5.82 Å². The maximum atomic E-state index is 14.7. The lowest BCUT2D eigenvalue weighted by Gasteiger charge is -2.28. The lowest BCUT2D eigenvalue weighted by molar-refractivity contribution is -0.125. The third kappa shape index (κ3) is 5.17. The van der Waals surface area contributed by atoms with Gasteiger partial charge in [-0.05, 0) is 38.8 Å². The van der Waals surface area contributed by atoms with Gasteiger partial charge in [0, 0.05) is 13.5 Å². The monoisotopic (exact) mass is 403 g/mol. The third-order valence-electron chi connectivity index (χ3n) is 4.30. The second-order valence-corrected chi connectivity index (χ2v) is 7.88. The van der Waals surface area contributed by atoms with Crippen molar-refractivity contribution in [3.8, 4) is 0 Å². The van der Waals surface area contributed by atoms with E-state index in [1.807, 2.05) is 0 Å². The largest absolute Gasteiger partial charge is 0.444 e. The number of carbonyl (C=O) groups is 2. The minimum atomic E-state index is -1.68. The molecule has 0 radical (unpaired) electrons. The van der Waals surface area contributed by atoms with Gasteiger partial charge in [-0.2, -0.15) is 0 Å². The summed E-state index contributed by atoms with van der Waals surface area (Å²) in [4.78, 5) is 26.1. The first-order valence-electron chi connectivity index (χ1n) is 8.67. The summed E-state index contributed by atoms with van der Waals surface area (Å²) in [6, 6.07) is 3.17. The van der Waals surface area contributed by atoms with E-state index in [2.05, 4.69) is 0 Å². The molecule has 1 aromatic rings. The van der Waals surface area contributed by atoms with E-state index in [0.29, 0.717) is 0 Å². The van der Waals surface area contributed by atoms with E-state index >= 15 is 0 Å². The highest BCUT2D eigenvalue weighted by Crippen LogP contribution is 2.28. The van der Waals surface area contributed by atoms with Crippen LogP contribution < -0.4 is 0 Å². The number of benzene rings is 1. The fourth-order valence-corrected chi connectivity index (χ4v) is 3.19. The maximum absolute atomic E-state index is 14.7. The standard InChI is InChI=1S/C19H24ClF2NO4/c1-19(2,3)27-18(25)23-10-14(26-4)16(22)17(23)13(24)9-8-11-6-5-7-12(20)15(11)21/h5-7,14,16-17H,8-10H2,1-4H3/t14-,16+,17-/m1/s1. The Morgan fingerprint density at radius 1 is 1.33 bits per heavy atom. The van der Waals surface area contributed by atoms with Gasteiger partial charge in [-0.1, -0.05) is 23.7 Å². The van der Waals surface area contributed by atoms with E-state index in [1.54, 1.807) is 26.8 Å². The molecule has 1 amide bonds. The predicted molar refractivity (Wildman–Crippen MR) is 97.2 cm³/mol. The van der Waals surface area contributed by atoms with Crippen LogP contribution in [-0.2, 0) is 20.7 Å². The average molecular weight is 404 g/mol. The van der Waals surface area contributed by atoms with Gasteiger partial charge in [0.2, 0.25) is 0 Å². The summed E-state index contributed by atoms with van der Waals surface area (Å²) < 4.78 is 39.1. The molecule has 0 aliphatic carbocycles. The molecule has 0 spiro atoms. The summed E-state index contributed by atoms with van der Waals surface area (Å²) in [5, 5.41) is -0.0426. The highest BCUT2D eigenvalue weighted by molar-refractivity contribution is 6.30. The minimum absolute atomic E-state index is 0.0426. The first-order chi connectivity index (χ1) is 12.5. The van der Waals surface area contributed by atoms with Crippen molar-refractivity contribution < 1.29 is 27.8 Å².